The maximum Gasteiger partial charge on any atom is 0.306 e. The number of hydrogen-bond acceptors (Lipinski definition) is 6. The fourth-order valence-corrected chi connectivity index (χ4v) is 6.88. The fourth-order valence-electron chi connectivity index (χ4n) is 6.02. The summed E-state index contributed by atoms with van der Waals surface area (Å²) in [5.74, 6) is 2.38. The highest BCUT2D eigenvalue weighted by atomic mass is 32.1. The first-order chi connectivity index (χ1) is 12.5. The molecular formula is C19H23N3O3S. The maximum atomic E-state index is 12.5. The summed E-state index contributed by atoms with van der Waals surface area (Å²) in [6.07, 6.45) is 8.28. The zero-order valence-electron chi connectivity index (χ0n) is 14.9. The fraction of sp³-hybridized carbons (Fsp3) is 0.684. The molecule has 0 unspecified atom stereocenters. The Kier molecular flexibility index (Phi) is 3.71. The SMILES string of the molecule is Cc1cc(=O)n2nc(COC(=O)CC34CC5CC(CC(C5)C3)C4)sc2n1. The smallest absolute Gasteiger partial charge is 0.306 e. The molecule has 2 aromatic rings. The third-order valence-electron chi connectivity index (χ3n) is 6.46. The molecule has 4 saturated carbocycles. The van der Waals surface area contributed by atoms with E-state index in [0.29, 0.717) is 22.1 Å². The minimum Gasteiger partial charge on any atom is -0.458 e. The Labute approximate surface area is 155 Å². The second kappa shape index (κ2) is 5.87. The average Bonchev–Trinajstić information content (AvgIpc) is 2.94. The van der Waals surface area contributed by atoms with Crippen molar-refractivity contribution in [3.8, 4) is 0 Å². The number of aromatic nitrogens is 3. The van der Waals surface area contributed by atoms with Crippen molar-refractivity contribution in [1.29, 1.82) is 0 Å². The number of fused-ring (bicyclic) bond motifs is 1. The highest BCUT2D eigenvalue weighted by molar-refractivity contribution is 7.16. The molecule has 4 bridgehead atoms. The van der Waals surface area contributed by atoms with E-state index in [0.717, 1.165) is 17.8 Å². The van der Waals surface area contributed by atoms with Crippen LogP contribution in [0.3, 0.4) is 0 Å². The van der Waals surface area contributed by atoms with E-state index in [1.54, 1.807) is 6.92 Å². The lowest BCUT2D eigenvalue weighted by Crippen LogP contribution is -2.47. The van der Waals surface area contributed by atoms with E-state index in [1.807, 2.05) is 0 Å². The predicted molar refractivity (Wildman–Crippen MR) is 96.9 cm³/mol. The quantitative estimate of drug-likeness (QED) is 0.770. The average molecular weight is 373 g/mol. The molecule has 0 aliphatic heterocycles. The van der Waals surface area contributed by atoms with Gasteiger partial charge < -0.3 is 4.74 Å². The number of esters is 1. The van der Waals surface area contributed by atoms with Gasteiger partial charge in [0.05, 0.1) is 6.42 Å². The van der Waals surface area contributed by atoms with Gasteiger partial charge in [-0.15, -0.1) is 0 Å². The van der Waals surface area contributed by atoms with E-state index in [-0.39, 0.29) is 23.6 Å². The predicted octanol–water partition coefficient (Wildman–Crippen LogP) is 3.11. The van der Waals surface area contributed by atoms with Crippen LogP contribution in [0.15, 0.2) is 10.9 Å². The van der Waals surface area contributed by atoms with Gasteiger partial charge in [-0.05, 0) is 68.6 Å². The van der Waals surface area contributed by atoms with Gasteiger partial charge >= 0.3 is 5.97 Å². The van der Waals surface area contributed by atoms with Gasteiger partial charge in [0.1, 0.15) is 6.61 Å². The van der Waals surface area contributed by atoms with Crippen molar-refractivity contribution in [3.63, 3.8) is 0 Å². The topological polar surface area (TPSA) is 73.6 Å². The summed E-state index contributed by atoms with van der Waals surface area (Å²) in [5, 5.41) is 4.85. The minimum atomic E-state index is -0.199. The van der Waals surface area contributed by atoms with Crippen molar-refractivity contribution in [3.05, 3.63) is 27.1 Å². The standard InChI is InChI=1S/C19H23N3O3S/c1-11-2-16(23)22-18(20-11)26-15(21-22)10-25-17(24)9-19-6-12-3-13(7-19)5-14(4-12)8-19/h2,12-14H,3-10H2,1H3. The van der Waals surface area contributed by atoms with Crippen LogP contribution in [0, 0.1) is 30.1 Å². The molecule has 6 nitrogen and oxygen atoms in total. The van der Waals surface area contributed by atoms with E-state index in [9.17, 15) is 9.59 Å². The Balaban J connectivity index is 1.25. The van der Waals surface area contributed by atoms with E-state index in [2.05, 4.69) is 10.1 Å². The van der Waals surface area contributed by atoms with Crippen molar-refractivity contribution in [2.45, 2.75) is 58.5 Å². The number of carbonyl (C=O) groups is 1. The molecule has 138 valence electrons. The number of ether oxygens (including phenoxy) is 1. The van der Waals surface area contributed by atoms with Crippen LogP contribution in [0.1, 0.15) is 55.6 Å². The van der Waals surface area contributed by atoms with Gasteiger partial charge in [0.2, 0.25) is 4.96 Å². The van der Waals surface area contributed by atoms with Gasteiger partial charge in [-0.2, -0.15) is 9.61 Å². The summed E-state index contributed by atoms with van der Waals surface area (Å²) in [4.78, 5) is 29.3. The lowest BCUT2D eigenvalue weighted by molar-refractivity contribution is -0.153. The monoisotopic (exact) mass is 373 g/mol. The summed E-state index contributed by atoms with van der Waals surface area (Å²) in [5.41, 5.74) is 0.661. The number of carbonyl (C=O) groups excluding carboxylic acids is 1. The molecule has 2 aromatic heterocycles. The number of rotatable bonds is 4. The van der Waals surface area contributed by atoms with E-state index >= 15 is 0 Å². The van der Waals surface area contributed by atoms with Crippen LogP contribution >= 0.6 is 11.3 Å². The third kappa shape index (κ3) is 2.86. The molecular weight excluding hydrogens is 350 g/mol. The van der Waals surface area contributed by atoms with Gasteiger partial charge in [-0.3, -0.25) is 9.59 Å². The van der Waals surface area contributed by atoms with E-state index in [4.69, 9.17) is 4.74 Å². The van der Waals surface area contributed by atoms with Gasteiger partial charge in [-0.1, -0.05) is 11.3 Å². The largest absolute Gasteiger partial charge is 0.458 e. The van der Waals surface area contributed by atoms with Crippen LogP contribution < -0.4 is 5.56 Å². The summed E-state index contributed by atoms with van der Waals surface area (Å²) < 4.78 is 6.81. The Bertz CT molecular complexity index is 896. The summed E-state index contributed by atoms with van der Waals surface area (Å²) in [7, 11) is 0. The van der Waals surface area contributed by atoms with Gasteiger partial charge in [0, 0.05) is 11.8 Å². The second-order valence-corrected chi connectivity index (χ2v) is 9.72. The summed E-state index contributed by atoms with van der Waals surface area (Å²) >= 11 is 1.30. The number of aryl methyl sites for hydroxylation is 1. The van der Waals surface area contributed by atoms with E-state index in [1.165, 1.54) is 60.4 Å². The molecule has 0 aromatic carbocycles. The van der Waals surface area contributed by atoms with Gasteiger partial charge in [-0.25, -0.2) is 4.98 Å². The van der Waals surface area contributed by atoms with Crippen molar-refractivity contribution in [2.24, 2.45) is 23.2 Å². The lowest BCUT2D eigenvalue weighted by Gasteiger charge is -2.56. The second-order valence-electron chi connectivity index (χ2n) is 8.68. The Hall–Kier alpha value is -1.76. The normalized spacial score (nSPS) is 32.3. The molecule has 4 aliphatic rings. The molecule has 0 spiro atoms. The highest BCUT2D eigenvalue weighted by Crippen LogP contribution is 2.61. The molecule has 2 heterocycles. The summed E-state index contributed by atoms with van der Waals surface area (Å²) in [6, 6.07) is 1.45. The van der Waals surface area contributed by atoms with Crippen LogP contribution in [-0.4, -0.2) is 20.6 Å². The van der Waals surface area contributed by atoms with Crippen molar-refractivity contribution in [1.82, 2.24) is 14.6 Å². The zero-order valence-corrected chi connectivity index (χ0v) is 15.8. The maximum absolute atomic E-state index is 12.5. The Morgan fingerprint density at radius 1 is 1.27 bits per heavy atom. The lowest BCUT2D eigenvalue weighted by atomic mass is 9.49. The molecule has 4 fully saturated rings. The number of hydrogen-bond donors (Lipinski definition) is 0. The van der Waals surface area contributed by atoms with Crippen LogP contribution in [-0.2, 0) is 16.1 Å². The van der Waals surface area contributed by atoms with Crippen molar-refractivity contribution >= 4 is 22.3 Å². The van der Waals surface area contributed by atoms with Crippen molar-refractivity contribution in [2.75, 3.05) is 0 Å². The molecule has 0 atom stereocenters. The van der Waals surface area contributed by atoms with Crippen LogP contribution in [0.25, 0.3) is 4.96 Å². The first-order valence-corrected chi connectivity index (χ1v) is 10.3. The molecule has 0 amide bonds. The molecule has 0 radical (unpaired) electrons. The summed E-state index contributed by atoms with van der Waals surface area (Å²) in [6.45, 7) is 1.91. The first kappa shape index (κ1) is 16.4. The zero-order chi connectivity index (χ0) is 17.9. The molecule has 0 saturated heterocycles. The first-order valence-electron chi connectivity index (χ1n) is 9.50. The third-order valence-corrected chi connectivity index (χ3v) is 7.34. The Morgan fingerprint density at radius 2 is 1.92 bits per heavy atom. The van der Waals surface area contributed by atoms with Crippen LogP contribution in [0.4, 0.5) is 0 Å². The Morgan fingerprint density at radius 3 is 2.58 bits per heavy atom. The van der Waals surface area contributed by atoms with Crippen molar-refractivity contribution < 1.29 is 9.53 Å². The van der Waals surface area contributed by atoms with Gasteiger partial charge in [0.25, 0.3) is 5.56 Å². The van der Waals surface area contributed by atoms with Crippen LogP contribution in [0.5, 0.6) is 0 Å². The number of nitrogens with zero attached hydrogens (tertiary/aromatic N) is 3. The molecule has 0 N–H and O–H groups in total. The van der Waals surface area contributed by atoms with E-state index < -0.39 is 0 Å². The van der Waals surface area contributed by atoms with Crippen LogP contribution in [0.2, 0.25) is 0 Å². The van der Waals surface area contributed by atoms with Gasteiger partial charge in [0.15, 0.2) is 5.01 Å². The molecule has 4 aliphatic carbocycles. The molecule has 7 heteroatoms. The molecule has 6 rings (SSSR count). The molecule has 26 heavy (non-hydrogen) atoms. The highest BCUT2D eigenvalue weighted by Gasteiger charge is 2.51. The minimum absolute atomic E-state index is 0.123.